The van der Waals surface area contributed by atoms with Crippen LogP contribution in [0.2, 0.25) is 0 Å². The lowest BCUT2D eigenvalue weighted by Gasteiger charge is -1.81. The summed E-state index contributed by atoms with van der Waals surface area (Å²) in [6.07, 6.45) is 3.19. The standard InChI is InChI=1S/C7H6N4S/c1-2-6(12-3-1)4-8-7-9-5-10-11-7/h1-5H,(H,9,10,11)/b8-4+. The predicted octanol–water partition coefficient (Wildman–Crippen LogP) is 1.62. The molecule has 0 aliphatic heterocycles. The van der Waals surface area contributed by atoms with E-state index in [4.69, 9.17) is 0 Å². The maximum Gasteiger partial charge on any atom is 0.245 e. The van der Waals surface area contributed by atoms with Crippen LogP contribution in [0.5, 0.6) is 0 Å². The number of aromatic amines is 1. The van der Waals surface area contributed by atoms with Crippen molar-refractivity contribution in [2.75, 3.05) is 0 Å². The topological polar surface area (TPSA) is 53.9 Å². The molecule has 0 aliphatic rings. The van der Waals surface area contributed by atoms with Crippen molar-refractivity contribution in [3.63, 3.8) is 0 Å². The summed E-state index contributed by atoms with van der Waals surface area (Å²) in [6.45, 7) is 0. The average Bonchev–Trinajstić information content (AvgIpc) is 2.74. The van der Waals surface area contributed by atoms with Gasteiger partial charge < -0.3 is 0 Å². The quantitative estimate of drug-likeness (QED) is 0.710. The molecule has 0 saturated carbocycles. The molecule has 2 aromatic heterocycles. The molecule has 60 valence electrons. The second kappa shape index (κ2) is 3.27. The Bertz CT molecular complexity index is 312. The van der Waals surface area contributed by atoms with Crippen molar-refractivity contribution in [2.45, 2.75) is 0 Å². The molecule has 0 aromatic carbocycles. The van der Waals surface area contributed by atoms with Crippen LogP contribution in [0.25, 0.3) is 0 Å². The second-order valence-electron chi connectivity index (χ2n) is 2.08. The highest BCUT2D eigenvalue weighted by molar-refractivity contribution is 7.11. The van der Waals surface area contributed by atoms with E-state index in [0.717, 1.165) is 4.88 Å². The van der Waals surface area contributed by atoms with Gasteiger partial charge in [0.15, 0.2) is 0 Å². The zero-order chi connectivity index (χ0) is 8.23. The number of aliphatic imine (C=N–C) groups is 1. The minimum atomic E-state index is 0.531. The molecular formula is C7H6N4S. The van der Waals surface area contributed by atoms with Gasteiger partial charge in [0.05, 0.1) is 0 Å². The molecule has 0 bridgehead atoms. The highest BCUT2D eigenvalue weighted by atomic mass is 32.1. The summed E-state index contributed by atoms with van der Waals surface area (Å²) >= 11 is 1.63. The minimum absolute atomic E-state index is 0.531. The molecule has 1 N–H and O–H groups in total. The zero-order valence-corrected chi connectivity index (χ0v) is 6.95. The molecule has 5 heteroatoms. The summed E-state index contributed by atoms with van der Waals surface area (Å²) in [4.78, 5) is 9.02. The summed E-state index contributed by atoms with van der Waals surface area (Å²) in [5.74, 6) is 0.531. The van der Waals surface area contributed by atoms with Crippen LogP contribution < -0.4 is 0 Å². The molecule has 0 unspecified atom stereocenters. The summed E-state index contributed by atoms with van der Waals surface area (Å²) in [7, 11) is 0. The lowest BCUT2D eigenvalue weighted by molar-refractivity contribution is 1.08. The van der Waals surface area contributed by atoms with E-state index in [-0.39, 0.29) is 0 Å². The molecule has 2 rings (SSSR count). The van der Waals surface area contributed by atoms with E-state index in [1.807, 2.05) is 17.5 Å². The first-order chi connectivity index (χ1) is 5.95. The fourth-order valence-electron chi connectivity index (χ4n) is 0.751. The maximum atomic E-state index is 4.06. The summed E-state index contributed by atoms with van der Waals surface area (Å²) in [6, 6.07) is 3.97. The Kier molecular flexibility index (Phi) is 1.96. The second-order valence-corrected chi connectivity index (χ2v) is 3.06. The van der Waals surface area contributed by atoms with Gasteiger partial charge in [-0.1, -0.05) is 6.07 Å². The number of thiophene rings is 1. The van der Waals surface area contributed by atoms with Crippen molar-refractivity contribution in [1.29, 1.82) is 0 Å². The molecule has 0 atom stereocenters. The third-order valence-corrected chi connectivity index (χ3v) is 2.07. The normalized spacial score (nSPS) is 11.0. The van der Waals surface area contributed by atoms with Crippen molar-refractivity contribution in [3.05, 3.63) is 28.7 Å². The zero-order valence-electron chi connectivity index (χ0n) is 6.14. The molecule has 0 amide bonds. The lowest BCUT2D eigenvalue weighted by Crippen LogP contribution is -1.72. The highest BCUT2D eigenvalue weighted by Crippen LogP contribution is 2.06. The monoisotopic (exact) mass is 178 g/mol. The first-order valence-electron chi connectivity index (χ1n) is 3.38. The number of nitrogens with one attached hydrogen (secondary N) is 1. The Labute approximate surface area is 73.0 Å². The number of aromatic nitrogens is 3. The Morgan fingerprint density at radius 1 is 1.58 bits per heavy atom. The minimum Gasteiger partial charge on any atom is -0.244 e. The van der Waals surface area contributed by atoms with Crippen LogP contribution in [-0.2, 0) is 0 Å². The van der Waals surface area contributed by atoms with Crippen LogP contribution in [0.1, 0.15) is 4.88 Å². The summed E-state index contributed by atoms with van der Waals surface area (Å²) in [5, 5.41) is 8.32. The third-order valence-electron chi connectivity index (χ3n) is 1.26. The van der Waals surface area contributed by atoms with E-state index in [1.54, 1.807) is 17.6 Å². The first kappa shape index (κ1) is 7.17. The van der Waals surface area contributed by atoms with Gasteiger partial charge in [-0.3, -0.25) is 0 Å². The predicted molar refractivity (Wildman–Crippen MR) is 48.0 cm³/mol. The molecular weight excluding hydrogens is 172 g/mol. The summed E-state index contributed by atoms with van der Waals surface area (Å²) in [5.41, 5.74) is 0. The lowest BCUT2D eigenvalue weighted by atomic mass is 10.5. The van der Waals surface area contributed by atoms with Crippen molar-refractivity contribution >= 4 is 23.5 Å². The molecule has 2 heterocycles. The van der Waals surface area contributed by atoms with Gasteiger partial charge in [0.1, 0.15) is 6.33 Å². The van der Waals surface area contributed by atoms with E-state index < -0.39 is 0 Å². The molecule has 0 aliphatic carbocycles. The number of nitrogens with zero attached hydrogens (tertiary/aromatic N) is 3. The SMILES string of the molecule is C(=N\c1ncn[nH]1)/c1cccs1. The fourth-order valence-corrected chi connectivity index (χ4v) is 1.34. The average molecular weight is 178 g/mol. The largest absolute Gasteiger partial charge is 0.245 e. The van der Waals surface area contributed by atoms with Crippen molar-refractivity contribution in [1.82, 2.24) is 15.2 Å². The molecule has 0 saturated heterocycles. The van der Waals surface area contributed by atoms with Crippen molar-refractivity contribution in [3.8, 4) is 0 Å². The Morgan fingerprint density at radius 3 is 3.25 bits per heavy atom. The molecule has 0 radical (unpaired) electrons. The Morgan fingerprint density at radius 2 is 2.58 bits per heavy atom. The van der Waals surface area contributed by atoms with Gasteiger partial charge in [-0.15, -0.1) is 11.3 Å². The van der Waals surface area contributed by atoms with Gasteiger partial charge >= 0.3 is 0 Å². The number of hydrogen-bond donors (Lipinski definition) is 1. The summed E-state index contributed by atoms with van der Waals surface area (Å²) < 4.78 is 0. The van der Waals surface area contributed by atoms with Gasteiger partial charge in [-0.2, -0.15) is 10.1 Å². The maximum absolute atomic E-state index is 4.06. The highest BCUT2D eigenvalue weighted by Gasteiger charge is 1.89. The Hall–Kier alpha value is -1.49. The smallest absolute Gasteiger partial charge is 0.244 e. The molecule has 12 heavy (non-hydrogen) atoms. The van der Waals surface area contributed by atoms with E-state index in [9.17, 15) is 0 Å². The van der Waals surface area contributed by atoms with Gasteiger partial charge in [0, 0.05) is 11.1 Å². The van der Waals surface area contributed by atoms with E-state index in [0.29, 0.717) is 5.95 Å². The van der Waals surface area contributed by atoms with Gasteiger partial charge in [0.2, 0.25) is 5.95 Å². The first-order valence-corrected chi connectivity index (χ1v) is 4.26. The Balaban J connectivity index is 2.14. The van der Waals surface area contributed by atoms with Crippen LogP contribution in [-0.4, -0.2) is 21.4 Å². The van der Waals surface area contributed by atoms with Gasteiger partial charge in [0.25, 0.3) is 0 Å². The molecule has 2 aromatic rings. The van der Waals surface area contributed by atoms with Gasteiger partial charge in [-0.05, 0) is 11.4 Å². The van der Waals surface area contributed by atoms with Crippen LogP contribution in [0, 0.1) is 0 Å². The number of rotatable bonds is 2. The van der Waals surface area contributed by atoms with Crippen molar-refractivity contribution < 1.29 is 0 Å². The molecule has 0 fully saturated rings. The van der Waals surface area contributed by atoms with Crippen LogP contribution in [0.3, 0.4) is 0 Å². The van der Waals surface area contributed by atoms with Crippen LogP contribution in [0.4, 0.5) is 5.95 Å². The fraction of sp³-hybridized carbons (Fsp3) is 0. The van der Waals surface area contributed by atoms with E-state index in [2.05, 4.69) is 20.2 Å². The van der Waals surface area contributed by atoms with Crippen molar-refractivity contribution in [2.24, 2.45) is 4.99 Å². The molecule has 0 spiro atoms. The van der Waals surface area contributed by atoms with Crippen LogP contribution in [0.15, 0.2) is 28.8 Å². The van der Waals surface area contributed by atoms with Crippen LogP contribution >= 0.6 is 11.3 Å². The van der Waals surface area contributed by atoms with E-state index in [1.165, 1.54) is 6.33 Å². The third kappa shape index (κ3) is 1.57. The number of H-pyrrole nitrogens is 1. The van der Waals surface area contributed by atoms with Gasteiger partial charge in [-0.25, -0.2) is 10.1 Å². The number of hydrogen-bond acceptors (Lipinski definition) is 4. The van der Waals surface area contributed by atoms with E-state index >= 15 is 0 Å². The molecule has 4 nitrogen and oxygen atoms in total.